The molecule has 0 saturated carbocycles. The van der Waals surface area contributed by atoms with Crippen molar-refractivity contribution in [3.8, 4) is 5.75 Å². The van der Waals surface area contributed by atoms with E-state index in [2.05, 4.69) is 60.8 Å². The van der Waals surface area contributed by atoms with Crippen LogP contribution in [0.2, 0.25) is 0 Å². The molecule has 0 spiro atoms. The van der Waals surface area contributed by atoms with E-state index in [1.807, 2.05) is 49.4 Å². The normalized spacial score (nSPS) is 22.6. The quantitative estimate of drug-likeness (QED) is 0.689. The lowest BCUT2D eigenvalue weighted by Gasteiger charge is -2.32. The van der Waals surface area contributed by atoms with E-state index in [0.29, 0.717) is 0 Å². The molecule has 3 unspecified atom stereocenters. The van der Waals surface area contributed by atoms with Crippen LogP contribution >= 0.6 is 0 Å². The van der Waals surface area contributed by atoms with Crippen molar-refractivity contribution in [1.82, 2.24) is 5.32 Å². The van der Waals surface area contributed by atoms with E-state index in [9.17, 15) is 0 Å². The van der Waals surface area contributed by atoms with Crippen LogP contribution in [-0.4, -0.2) is 11.9 Å². The van der Waals surface area contributed by atoms with Crippen molar-refractivity contribution >= 4 is 5.84 Å². The van der Waals surface area contributed by atoms with Gasteiger partial charge in [-0.25, -0.2) is 0 Å². The Bertz CT molecular complexity index is 909. The SMILES string of the molecule is CC(Oc1ccccc1)C1=NC(c2ccccc2)C(C)(c2ccccc2)N1. The minimum absolute atomic E-state index is 0.0158. The van der Waals surface area contributed by atoms with Crippen LogP contribution in [0.3, 0.4) is 0 Å². The van der Waals surface area contributed by atoms with Gasteiger partial charge in [-0.2, -0.15) is 0 Å². The van der Waals surface area contributed by atoms with Crippen LogP contribution in [0.15, 0.2) is 96.0 Å². The van der Waals surface area contributed by atoms with Crippen molar-refractivity contribution in [3.63, 3.8) is 0 Å². The molecule has 1 aliphatic heterocycles. The zero-order chi connectivity index (χ0) is 18.7. The summed E-state index contributed by atoms with van der Waals surface area (Å²) in [5.41, 5.74) is 2.08. The molecule has 0 bridgehead atoms. The van der Waals surface area contributed by atoms with E-state index in [1.54, 1.807) is 0 Å². The third-order valence-corrected chi connectivity index (χ3v) is 5.13. The highest BCUT2D eigenvalue weighted by molar-refractivity contribution is 5.89. The summed E-state index contributed by atoms with van der Waals surface area (Å²) >= 11 is 0. The molecule has 0 saturated heterocycles. The van der Waals surface area contributed by atoms with Crippen molar-refractivity contribution in [2.45, 2.75) is 31.5 Å². The Morgan fingerprint density at radius 2 is 1.41 bits per heavy atom. The van der Waals surface area contributed by atoms with Gasteiger partial charge in [0.2, 0.25) is 0 Å². The molecule has 0 aliphatic carbocycles. The highest BCUT2D eigenvalue weighted by Crippen LogP contribution is 2.41. The third-order valence-electron chi connectivity index (χ3n) is 5.13. The standard InChI is InChI=1S/C24H24N2O/c1-18(27-21-16-10-5-11-17-21)23-25-22(19-12-6-3-7-13-19)24(2,26-23)20-14-8-4-9-15-20/h3-18,22H,1-2H3,(H,25,26). The fourth-order valence-corrected chi connectivity index (χ4v) is 3.66. The number of hydrogen-bond acceptors (Lipinski definition) is 3. The molecule has 1 aliphatic rings. The Morgan fingerprint density at radius 1 is 0.852 bits per heavy atom. The number of para-hydroxylation sites is 1. The highest BCUT2D eigenvalue weighted by Gasteiger charge is 2.43. The molecule has 0 amide bonds. The maximum Gasteiger partial charge on any atom is 0.152 e. The van der Waals surface area contributed by atoms with Gasteiger partial charge in [0.15, 0.2) is 6.10 Å². The minimum atomic E-state index is -0.327. The smallest absolute Gasteiger partial charge is 0.152 e. The molecule has 0 aromatic heterocycles. The molecule has 3 nitrogen and oxygen atoms in total. The van der Waals surface area contributed by atoms with Gasteiger partial charge in [0.25, 0.3) is 0 Å². The Kier molecular flexibility index (Phi) is 4.68. The van der Waals surface area contributed by atoms with Gasteiger partial charge in [0, 0.05) is 0 Å². The number of amidine groups is 1. The molecule has 3 atom stereocenters. The Morgan fingerprint density at radius 3 is 2.04 bits per heavy atom. The van der Waals surface area contributed by atoms with Gasteiger partial charge in [-0.1, -0.05) is 78.9 Å². The maximum absolute atomic E-state index is 6.12. The maximum atomic E-state index is 6.12. The summed E-state index contributed by atoms with van der Waals surface area (Å²) in [7, 11) is 0. The first kappa shape index (κ1) is 17.3. The summed E-state index contributed by atoms with van der Waals surface area (Å²) in [5, 5.41) is 3.68. The van der Waals surface area contributed by atoms with Gasteiger partial charge in [-0.3, -0.25) is 4.99 Å². The fourth-order valence-electron chi connectivity index (χ4n) is 3.66. The molecular formula is C24H24N2O. The molecule has 1 heterocycles. The molecule has 0 fully saturated rings. The summed E-state index contributed by atoms with van der Waals surface area (Å²) in [6.45, 7) is 4.25. The van der Waals surface area contributed by atoms with Gasteiger partial charge < -0.3 is 10.1 Å². The van der Waals surface area contributed by atoms with E-state index in [4.69, 9.17) is 9.73 Å². The van der Waals surface area contributed by atoms with Gasteiger partial charge in [0.05, 0.1) is 5.54 Å². The lowest BCUT2D eigenvalue weighted by molar-refractivity contribution is 0.280. The summed E-state index contributed by atoms with van der Waals surface area (Å²) < 4.78 is 6.12. The molecule has 3 heteroatoms. The topological polar surface area (TPSA) is 33.6 Å². The lowest BCUT2D eigenvalue weighted by atomic mass is 9.82. The first-order chi connectivity index (χ1) is 13.2. The van der Waals surface area contributed by atoms with E-state index >= 15 is 0 Å². The van der Waals surface area contributed by atoms with Crippen LogP contribution in [0.1, 0.15) is 31.0 Å². The predicted octanol–water partition coefficient (Wildman–Crippen LogP) is 5.11. The molecule has 3 aromatic rings. The molecule has 136 valence electrons. The predicted molar refractivity (Wildman–Crippen MR) is 110 cm³/mol. The van der Waals surface area contributed by atoms with E-state index in [-0.39, 0.29) is 17.7 Å². The molecule has 3 aromatic carbocycles. The number of hydrogen-bond donors (Lipinski definition) is 1. The number of nitrogens with zero attached hydrogens (tertiary/aromatic N) is 1. The second-order valence-electron chi connectivity index (χ2n) is 7.09. The Balaban J connectivity index is 1.68. The number of ether oxygens (including phenoxy) is 1. The molecule has 0 radical (unpaired) electrons. The van der Waals surface area contributed by atoms with E-state index < -0.39 is 0 Å². The zero-order valence-corrected chi connectivity index (χ0v) is 15.7. The average Bonchev–Trinajstić information content (AvgIpc) is 3.09. The molecule has 4 rings (SSSR count). The van der Waals surface area contributed by atoms with E-state index in [0.717, 1.165) is 11.6 Å². The monoisotopic (exact) mass is 356 g/mol. The van der Waals surface area contributed by atoms with Gasteiger partial charge in [-0.15, -0.1) is 0 Å². The molecule has 27 heavy (non-hydrogen) atoms. The average molecular weight is 356 g/mol. The van der Waals surface area contributed by atoms with Crippen molar-refractivity contribution in [2.24, 2.45) is 4.99 Å². The largest absolute Gasteiger partial charge is 0.483 e. The van der Waals surface area contributed by atoms with Gasteiger partial charge in [-0.05, 0) is 37.1 Å². The number of nitrogens with one attached hydrogen (secondary N) is 1. The second-order valence-corrected chi connectivity index (χ2v) is 7.09. The van der Waals surface area contributed by atoms with E-state index in [1.165, 1.54) is 11.1 Å². The summed E-state index contributed by atoms with van der Waals surface area (Å²) in [4.78, 5) is 5.06. The summed E-state index contributed by atoms with van der Waals surface area (Å²) in [6.07, 6.45) is -0.163. The van der Waals surface area contributed by atoms with Crippen molar-refractivity contribution in [2.75, 3.05) is 0 Å². The van der Waals surface area contributed by atoms with Crippen LogP contribution in [0.4, 0.5) is 0 Å². The van der Waals surface area contributed by atoms with Crippen molar-refractivity contribution in [1.29, 1.82) is 0 Å². The van der Waals surface area contributed by atoms with Crippen molar-refractivity contribution in [3.05, 3.63) is 102 Å². The van der Waals surface area contributed by atoms with Crippen LogP contribution in [-0.2, 0) is 5.54 Å². The fraction of sp³-hybridized carbons (Fsp3) is 0.208. The van der Waals surface area contributed by atoms with Crippen molar-refractivity contribution < 1.29 is 4.74 Å². The van der Waals surface area contributed by atoms with Crippen LogP contribution in [0, 0.1) is 0 Å². The zero-order valence-electron chi connectivity index (χ0n) is 15.7. The van der Waals surface area contributed by atoms with Crippen LogP contribution in [0.5, 0.6) is 5.75 Å². The van der Waals surface area contributed by atoms with Gasteiger partial charge >= 0.3 is 0 Å². The minimum Gasteiger partial charge on any atom is -0.483 e. The number of aliphatic imine (C=N–C) groups is 1. The lowest BCUT2D eigenvalue weighted by Crippen LogP contribution is -2.45. The summed E-state index contributed by atoms with van der Waals surface area (Å²) in [6, 6.07) is 30.8. The third kappa shape index (κ3) is 3.45. The second kappa shape index (κ2) is 7.28. The Hall–Kier alpha value is -3.07. The van der Waals surface area contributed by atoms with Gasteiger partial charge in [0.1, 0.15) is 17.6 Å². The van der Waals surface area contributed by atoms with Crippen LogP contribution < -0.4 is 10.1 Å². The molecular weight excluding hydrogens is 332 g/mol. The summed E-state index contributed by atoms with van der Waals surface area (Å²) in [5.74, 6) is 1.72. The highest BCUT2D eigenvalue weighted by atomic mass is 16.5. The van der Waals surface area contributed by atoms with Crippen LogP contribution in [0.25, 0.3) is 0 Å². The number of rotatable bonds is 5. The number of benzene rings is 3. The first-order valence-corrected chi connectivity index (χ1v) is 9.35. The first-order valence-electron chi connectivity index (χ1n) is 9.35. The Labute approximate surface area is 160 Å². The molecule has 1 N–H and O–H groups in total.